The van der Waals surface area contributed by atoms with Crippen LogP contribution in [0.2, 0.25) is 10.0 Å². The van der Waals surface area contributed by atoms with E-state index in [1.165, 1.54) is 5.56 Å². The van der Waals surface area contributed by atoms with Crippen LogP contribution in [0.4, 0.5) is 0 Å². The first kappa shape index (κ1) is 19.2. The van der Waals surface area contributed by atoms with Gasteiger partial charge < -0.3 is 9.74 Å². The molecule has 138 valence electrons. The molecule has 1 saturated heterocycles. The number of rotatable bonds is 6. The monoisotopic (exact) mass is 390 g/mol. The molecule has 2 aromatic rings. The van der Waals surface area contributed by atoms with Gasteiger partial charge in [0.1, 0.15) is 6.61 Å². The summed E-state index contributed by atoms with van der Waals surface area (Å²) in [6, 6.07) is 16.1. The molecule has 2 aromatic carbocycles. The van der Waals surface area contributed by atoms with E-state index in [2.05, 4.69) is 47.3 Å². The van der Waals surface area contributed by atoms with Gasteiger partial charge in [-0.3, -0.25) is 0 Å². The Balaban J connectivity index is 1.45. The van der Waals surface area contributed by atoms with Crippen LogP contribution in [-0.2, 0) is 11.4 Å². The summed E-state index contributed by atoms with van der Waals surface area (Å²) < 4.78 is 0. The minimum Gasteiger partial charge on any atom is -0.391 e. The second-order valence-corrected chi connectivity index (χ2v) is 7.56. The molecular formula is C21H24Cl2N2O. The van der Waals surface area contributed by atoms with Gasteiger partial charge in [-0.25, -0.2) is 0 Å². The number of oxime groups is 1. The van der Waals surface area contributed by atoms with Crippen molar-refractivity contribution >= 4 is 28.9 Å². The molecule has 0 amide bonds. The zero-order valence-electron chi connectivity index (χ0n) is 15.0. The third kappa shape index (κ3) is 5.23. The molecule has 0 N–H and O–H groups in total. The summed E-state index contributed by atoms with van der Waals surface area (Å²) in [6.07, 6.45) is 1.88. The van der Waals surface area contributed by atoms with E-state index >= 15 is 0 Å². The first-order valence-electron chi connectivity index (χ1n) is 9.01. The third-order valence-corrected chi connectivity index (χ3v) is 5.51. The van der Waals surface area contributed by atoms with Crippen molar-refractivity contribution in [2.45, 2.75) is 32.3 Å². The van der Waals surface area contributed by atoms with Gasteiger partial charge in [0.2, 0.25) is 0 Å². The minimum atomic E-state index is 0.302. The van der Waals surface area contributed by atoms with Gasteiger partial charge >= 0.3 is 0 Å². The van der Waals surface area contributed by atoms with Gasteiger partial charge in [0.05, 0.1) is 5.71 Å². The lowest BCUT2D eigenvalue weighted by Crippen LogP contribution is -2.36. The molecule has 0 bridgehead atoms. The summed E-state index contributed by atoms with van der Waals surface area (Å²) in [5.74, 6) is 0.535. The average Bonchev–Trinajstić information content (AvgIpc) is 2.66. The van der Waals surface area contributed by atoms with Crippen molar-refractivity contribution in [3.63, 3.8) is 0 Å². The standard InChI is InChI=1S/C21H24Cl2N2O/c1-16(17-6-3-2-4-7-17)14-25-12-10-18(11-13-25)24-26-15-19-20(22)8-5-9-21(19)23/h2-9,16H,10-15H2,1H3. The van der Waals surface area contributed by atoms with E-state index in [-0.39, 0.29) is 0 Å². The van der Waals surface area contributed by atoms with Gasteiger partial charge in [-0.2, -0.15) is 0 Å². The highest BCUT2D eigenvalue weighted by Crippen LogP contribution is 2.25. The molecule has 26 heavy (non-hydrogen) atoms. The maximum atomic E-state index is 6.15. The normalized spacial score (nSPS) is 16.3. The second kappa shape index (κ2) is 9.40. The highest BCUT2D eigenvalue weighted by atomic mass is 35.5. The molecule has 5 heteroatoms. The number of benzene rings is 2. The lowest BCUT2D eigenvalue weighted by Gasteiger charge is -2.29. The highest BCUT2D eigenvalue weighted by molar-refractivity contribution is 6.35. The molecule has 1 unspecified atom stereocenters. The topological polar surface area (TPSA) is 24.8 Å². The van der Waals surface area contributed by atoms with E-state index in [1.54, 1.807) is 0 Å². The predicted molar refractivity (Wildman–Crippen MR) is 109 cm³/mol. The van der Waals surface area contributed by atoms with Crippen LogP contribution in [0, 0.1) is 0 Å². The molecule has 1 aliphatic heterocycles. The molecule has 0 aromatic heterocycles. The summed E-state index contributed by atoms with van der Waals surface area (Å²) in [6.45, 7) is 5.71. The van der Waals surface area contributed by atoms with Crippen molar-refractivity contribution in [1.29, 1.82) is 0 Å². The van der Waals surface area contributed by atoms with Crippen LogP contribution in [-0.4, -0.2) is 30.2 Å². The first-order chi connectivity index (χ1) is 12.6. The maximum absolute atomic E-state index is 6.15. The second-order valence-electron chi connectivity index (χ2n) is 6.74. The van der Waals surface area contributed by atoms with Crippen molar-refractivity contribution in [3.05, 3.63) is 69.7 Å². The van der Waals surface area contributed by atoms with E-state index in [9.17, 15) is 0 Å². The van der Waals surface area contributed by atoms with Crippen LogP contribution >= 0.6 is 23.2 Å². The smallest absolute Gasteiger partial charge is 0.145 e. The SMILES string of the molecule is CC(CN1CCC(=NOCc2c(Cl)cccc2Cl)CC1)c1ccccc1. The lowest BCUT2D eigenvalue weighted by molar-refractivity contribution is 0.127. The molecule has 1 fully saturated rings. The Morgan fingerprint density at radius 2 is 1.65 bits per heavy atom. The summed E-state index contributed by atoms with van der Waals surface area (Å²) in [5, 5.41) is 5.53. The summed E-state index contributed by atoms with van der Waals surface area (Å²) in [4.78, 5) is 8.01. The maximum Gasteiger partial charge on any atom is 0.145 e. The zero-order valence-corrected chi connectivity index (χ0v) is 16.5. The van der Waals surface area contributed by atoms with Crippen LogP contribution in [0.25, 0.3) is 0 Å². The number of likely N-dealkylation sites (tertiary alicyclic amines) is 1. The van der Waals surface area contributed by atoms with Gasteiger partial charge in [-0.05, 0) is 23.6 Å². The number of nitrogens with zero attached hydrogens (tertiary/aromatic N) is 2. The Bertz CT molecular complexity index is 719. The Morgan fingerprint density at radius 1 is 1.00 bits per heavy atom. The fraction of sp³-hybridized carbons (Fsp3) is 0.381. The van der Waals surface area contributed by atoms with Crippen LogP contribution in [0.1, 0.15) is 36.8 Å². The number of hydrogen-bond donors (Lipinski definition) is 0. The van der Waals surface area contributed by atoms with Gasteiger partial charge in [0.25, 0.3) is 0 Å². The largest absolute Gasteiger partial charge is 0.391 e. The molecule has 0 aliphatic carbocycles. The summed E-state index contributed by atoms with van der Waals surface area (Å²) >= 11 is 12.3. The molecule has 1 heterocycles. The molecule has 0 radical (unpaired) electrons. The number of hydrogen-bond acceptors (Lipinski definition) is 3. The Labute approximate surface area is 165 Å². The van der Waals surface area contributed by atoms with Crippen molar-refractivity contribution < 1.29 is 4.84 Å². The van der Waals surface area contributed by atoms with E-state index < -0.39 is 0 Å². The van der Waals surface area contributed by atoms with Gasteiger partial charge in [-0.1, -0.05) is 71.7 Å². The van der Waals surface area contributed by atoms with E-state index in [0.717, 1.165) is 43.8 Å². The van der Waals surface area contributed by atoms with Crippen molar-refractivity contribution in [2.75, 3.05) is 19.6 Å². The highest BCUT2D eigenvalue weighted by Gasteiger charge is 2.18. The van der Waals surface area contributed by atoms with Crippen LogP contribution in [0.5, 0.6) is 0 Å². The Kier molecular flexibility index (Phi) is 6.95. The quantitative estimate of drug-likeness (QED) is 0.585. The molecule has 0 saturated carbocycles. The van der Waals surface area contributed by atoms with Crippen molar-refractivity contribution in [1.82, 2.24) is 4.90 Å². The third-order valence-electron chi connectivity index (χ3n) is 4.80. The van der Waals surface area contributed by atoms with Gasteiger partial charge in [0, 0.05) is 48.1 Å². The molecule has 1 atom stereocenters. The van der Waals surface area contributed by atoms with Crippen molar-refractivity contribution in [3.8, 4) is 0 Å². The predicted octanol–water partition coefficient (Wildman–Crippen LogP) is 5.77. The zero-order chi connectivity index (χ0) is 18.4. The first-order valence-corrected chi connectivity index (χ1v) is 9.77. The Morgan fingerprint density at radius 3 is 2.31 bits per heavy atom. The fourth-order valence-corrected chi connectivity index (χ4v) is 3.72. The van der Waals surface area contributed by atoms with Crippen LogP contribution in [0.3, 0.4) is 0 Å². The fourth-order valence-electron chi connectivity index (χ4n) is 3.22. The van der Waals surface area contributed by atoms with E-state index in [0.29, 0.717) is 22.6 Å². The summed E-state index contributed by atoms with van der Waals surface area (Å²) in [5.41, 5.74) is 3.29. The van der Waals surface area contributed by atoms with Crippen LogP contribution < -0.4 is 0 Å². The van der Waals surface area contributed by atoms with E-state index in [4.69, 9.17) is 28.0 Å². The molecule has 3 rings (SSSR count). The Hall–Kier alpha value is -1.55. The molecule has 1 aliphatic rings. The number of piperidine rings is 1. The molecule has 0 spiro atoms. The average molecular weight is 391 g/mol. The van der Waals surface area contributed by atoms with Gasteiger partial charge in [-0.15, -0.1) is 0 Å². The van der Waals surface area contributed by atoms with E-state index in [1.807, 2.05) is 18.2 Å². The lowest BCUT2D eigenvalue weighted by atomic mass is 9.99. The minimum absolute atomic E-state index is 0.302. The van der Waals surface area contributed by atoms with Crippen LogP contribution in [0.15, 0.2) is 53.7 Å². The van der Waals surface area contributed by atoms with Gasteiger partial charge in [0.15, 0.2) is 0 Å². The molecule has 3 nitrogen and oxygen atoms in total. The van der Waals surface area contributed by atoms with Crippen molar-refractivity contribution in [2.24, 2.45) is 5.16 Å². The number of halogens is 2. The summed E-state index contributed by atoms with van der Waals surface area (Å²) in [7, 11) is 0. The molecular weight excluding hydrogens is 367 g/mol.